The normalized spacial score (nSPS) is 33.1. The molecule has 3 aliphatic rings. The highest BCUT2D eigenvalue weighted by Gasteiger charge is 2.49. The second kappa shape index (κ2) is 12.9. The van der Waals surface area contributed by atoms with Crippen molar-refractivity contribution in [2.75, 3.05) is 47.6 Å². The molecule has 5 N–H and O–H groups in total. The van der Waals surface area contributed by atoms with Crippen LogP contribution in [0.1, 0.15) is 25.7 Å². The number of carbonyl (C=O) groups is 3. The smallest absolute Gasteiger partial charge is 0.338 e. The standard InChI is InChI=1S/C8H14O6.C6H9NO3.C5H11NO/c1-14-7(12)8(13)2-4(9)6(11)5(10)3-8;1-10-6(9)4-2-3-5(8)7-4;1-6-2-4-7-5-3-6/h4-6,9-11,13H,2-3H2,1H3;4H,2-3H2,1H3,(H,7,8);2-5H2,1H3. The molecule has 3 unspecified atom stereocenters. The van der Waals surface area contributed by atoms with Crippen LogP contribution in [0.2, 0.25) is 0 Å². The number of likely N-dealkylation sites (N-methyl/N-ethyl adjacent to an activating group) is 1. The van der Waals surface area contributed by atoms with Gasteiger partial charge in [-0.05, 0) is 13.5 Å². The number of hydrogen-bond acceptors (Lipinski definition) is 11. The zero-order valence-corrected chi connectivity index (χ0v) is 18.2. The van der Waals surface area contributed by atoms with Crippen molar-refractivity contribution in [3.63, 3.8) is 0 Å². The molecule has 0 aromatic carbocycles. The van der Waals surface area contributed by atoms with Gasteiger partial charge >= 0.3 is 11.9 Å². The molecule has 0 radical (unpaired) electrons. The van der Waals surface area contributed by atoms with Crippen molar-refractivity contribution in [1.82, 2.24) is 10.2 Å². The summed E-state index contributed by atoms with van der Waals surface area (Å²) in [5, 5.41) is 39.9. The number of nitrogens with one attached hydrogen (secondary N) is 1. The van der Waals surface area contributed by atoms with Gasteiger partial charge in [0.15, 0.2) is 5.60 Å². The lowest BCUT2D eigenvalue weighted by atomic mass is 9.80. The van der Waals surface area contributed by atoms with E-state index in [2.05, 4.69) is 26.7 Å². The second-order valence-electron chi connectivity index (χ2n) is 7.65. The van der Waals surface area contributed by atoms with Gasteiger partial charge in [-0.1, -0.05) is 0 Å². The predicted molar refractivity (Wildman–Crippen MR) is 106 cm³/mol. The number of esters is 2. The fraction of sp³-hybridized carbons (Fsp3) is 0.842. The molecule has 0 bridgehead atoms. The third-order valence-corrected chi connectivity index (χ3v) is 5.16. The van der Waals surface area contributed by atoms with Gasteiger partial charge in [-0.3, -0.25) is 4.79 Å². The van der Waals surface area contributed by atoms with Gasteiger partial charge in [0.25, 0.3) is 0 Å². The Morgan fingerprint density at radius 3 is 2.00 bits per heavy atom. The summed E-state index contributed by atoms with van der Waals surface area (Å²) in [7, 11) is 4.53. The largest absolute Gasteiger partial charge is 0.467 e. The molecule has 12 nitrogen and oxygen atoms in total. The maximum atomic E-state index is 11.1. The molecule has 1 amide bonds. The number of aliphatic hydroxyl groups is 4. The number of methoxy groups -OCH3 is 2. The Hall–Kier alpha value is -1.83. The molecule has 2 heterocycles. The van der Waals surface area contributed by atoms with E-state index >= 15 is 0 Å². The van der Waals surface area contributed by atoms with Crippen molar-refractivity contribution >= 4 is 17.8 Å². The number of amides is 1. The third-order valence-electron chi connectivity index (χ3n) is 5.16. The van der Waals surface area contributed by atoms with Crippen LogP contribution in [0.3, 0.4) is 0 Å². The van der Waals surface area contributed by atoms with Crippen LogP contribution in [0.25, 0.3) is 0 Å². The van der Waals surface area contributed by atoms with Gasteiger partial charge in [0, 0.05) is 32.4 Å². The summed E-state index contributed by atoms with van der Waals surface area (Å²) in [5.41, 5.74) is -1.91. The van der Waals surface area contributed by atoms with Crippen molar-refractivity contribution in [3.05, 3.63) is 0 Å². The number of nitrogens with zero attached hydrogens (tertiary/aromatic N) is 1. The summed E-state index contributed by atoms with van der Waals surface area (Å²) >= 11 is 0. The monoisotopic (exact) mass is 450 g/mol. The molecular weight excluding hydrogens is 416 g/mol. The average Bonchev–Trinajstić information content (AvgIpc) is 3.18. The summed E-state index contributed by atoms with van der Waals surface area (Å²) in [6.07, 6.45) is -3.67. The van der Waals surface area contributed by atoms with E-state index in [0.717, 1.165) is 33.4 Å². The van der Waals surface area contributed by atoms with Crippen molar-refractivity contribution in [1.29, 1.82) is 0 Å². The van der Waals surface area contributed by atoms with Crippen LogP contribution in [0.5, 0.6) is 0 Å². The van der Waals surface area contributed by atoms with Gasteiger partial charge < -0.3 is 44.9 Å². The molecule has 3 rings (SSSR count). The fourth-order valence-corrected chi connectivity index (χ4v) is 3.22. The molecule has 3 fully saturated rings. The first-order valence-electron chi connectivity index (χ1n) is 10.0. The van der Waals surface area contributed by atoms with E-state index in [0.29, 0.717) is 12.8 Å². The van der Waals surface area contributed by atoms with Gasteiger partial charge in [0.05, 0.1) is 39.6 Å². The molecule has 0 aromatic rings. The number of morpholine rings is 1. The molecule has 0 spiro atoms. The van der Waals surface area contributed by atoms with Crippen molar-refractivity contribution < 1.29 is 49.0 Å². The molecule has 12 heteroatoms. The maximum Gasteiger partial charge on any atom is 0.338 e. The molecule has 31 heavy (non-hydrogen) atoms. The Balaban J connectivity index is 0.000000247. The SMILES string of the molecule is CN1CCOCC1.COC(=O)C1(O)CC(O)C(O)C(O)C1.COC(=O)C1CCC(=O)N1. The summed E-state index contributed by atoms with van der Waals surface area (Å²) < 4.78 is 13.9. The van der Waals surface area contributed by atoms with Gasteiger partial charge in [0.1, 0.15) is 12.1 Å². The van der Waals surface area contributed by atoms with E-state index < -0.39 is 35.9 Å². The van der Waals surface area contributed by atoms with E-state index in [-0.39, 0.29) is 24.7 Å². The van der Waals surface area contributed by atoms with Crippen LogP contribution in [-0.2, 0) is 28.6 Å². The zero-order chi connectivity index (χ0) is 23.6. The van der Waals surface area contributed by atoms with Crippen molar-refractivity contribution in [2.24, 2.45) is 0 Å². The first-order chi connectivity index (χ1) is 14.5. The topological polar surface area (TPSA) is 175 Å². The fourth-order valence-electron chi connectivity index (χ4n) is 3.22. The Morgan fingerprint density at radius 1 is 1.10 bits per heavy atom. The number of hydrogen-bond donors (Lipinski definition) is 5. The van der Waals surface area contributed by atoms with E-state index in [4.69, 9.17) is 9.84 Å². The van der Waals surface area contributed by atoms with E-state index in [1.807, 2.05) is 0 Å². The molecule has 180 valence electrons. The Kier molecular flexibility index (Phi) is 11.3. The maximum absolute atomic E-state index is 11.1. The molecule has 2 saturated heterocycles. The summed E-state index contributed by atoms with van der Waals surface area (Å²) in [5.74, 6) is -1.34. The quantitative estimate of drug-likeness (QED) is 0.274. The zero-order valence-electron chi connectivity index (χ0n) is 18.2. The van der Waals surface area contributed by atoms with Crippen molar-refractivity contribution in [3.8, 4) is 0 Å². The molecule has 3 atom stereocenters. The van der Waals surface area contributed by atoms with E-state index in [1.165, 1.54) is 7.11 Å². The molecular formula is C19H34N2O10. The minimum absolute atomic E-state index is 0.0737. The first-order valence-corrected chi connectivity index (χ1v) is 10.0. The Labute approximate surface area is 181 Å². The lowest BCUT2D eigenvalue weighted by molar-refractivity contribution is -0.189. The highest BCUT2D eigenvalue weighted by molar-refractivity contribution is 5.87. The second-order valence-corrected chi connectivity index (χ2v) is 7.65. The summed E-state index contributed by atoms with van der Waals surface area (Å²) in [6.45, 7) is 4.02. The highest BCUT2D eigenvalue weighted by atomic mass is 16.5. The Bertz CT molecular complexity index is 584. The predicted octanol–water partition coefficient (Wildman–Crippen LogP) is -2.85. The Morgan fingerprint density at radius 2 is 1.65 bits per heavy atom. The summed E-state index contributed by atoms with van der Waals surface area (Å²) in [6, 6.07) is -0.405. The van der Waals surface area contributed by atoms with Crippen LogP contribution in [0.4, 0.5) is 0 Å². The minimum atomic E-state index is -1.91. The van der Waals surface area contributed by atoms with Crippen LogP contribution in [-0.4, -0.2) is 121 Å². The average molecular weight is 450 g/mol. The number of carbonyl (C=O) groups excluding carboxylic acids is 3. The molecule has 0 aromatic heterocycles. The first kappa shape index (κ1) is 27.2. The molecule has 1 saturated carbocycles. The van der Waals surface area contributed by atoms with Gasteiger partial charge in [-0.15, -0.1) is 0 Å². The lowest BCUT2D eigenvalue weighted by Crippen LogP contribution is -2.56. The van der Waals surface area contributed by atoms with Gasteiger partial charge in [-0.2, -0.15) is 0 Å². The van der Waals surface area contributed by atoms with Gasteiger partial charge in [0.2, 0.25) is 5.91 Å². The van der Waals surface area contributed by atoms with Crippen molar-refractivity contribution in [2.45, 2.75) is 55.6 Å². The number of rotatable bonds is 2. The molecule has 2 aliphatic heterocycles. The van der Waals surface area contributed by atoms with E-state index in [9.17, 15) is 29.7 Å². The lowest BCUT2D eigenvalue weighted by Gasteiger charge is -2.38. The van der Waals surface area contributed by atoms with Gasteiger partial charge in [-0.25, -0.2) is 9.59 Å². The number of ether oxygens (including phenoxy) is 3. The third kappa shape index (κ3) is 8.67. The van der Waals surface area contributed by atoms with E-state index in [1.54, 1.807) is 0 Å². The highest BCUT2D eigenvalue weighted by Crippen LogP contribution is 2.30. The summed E-state index contributed by atoms with van der Waals surface area (Å²) in [4.78, 5) is 34.7. The van der Waals surface area contributed by atoms with Crippen LogP contribution >= 0.6 is 0 Å². The molecule has 1 aliphatic carbocycles. The number of aliphatic hydroxyl groups excluding tert-OH is 3. The van der Waals surface area contributed by atoms with Crippen LogP contribution in [0, 0.1) is 0 Å². The van der Waals surface area contributed by atoms with Crippen LogP contribution < -0.4 is 5.32 Å². The van der Waals surface area contributed by atoms with Crippen LogP contribution in [0.15, 0.2) is 0 Å². The minimum Gasteiger partial charge on any atom is -0.467 e.